The molecule has 19 heavy (non-hydrogen) atoms. The molecule has 0 saturated carbocycles. The Balaban J connectivity index is 2.15. The zero-order chi connectivity index (χ0) is 13.8. The summed E-state index contributed by atoms with van der Waals surface area (Å²) in [6.07, 6.45) is 1.13. The third-order valence-corrected chi connectivity index (χ3v) is 4.36. The average molecular weight is 283 g/mol. The molecule has 106 valence electrons. The molecule has 2 unspecified atom stereocenters. The Labute approximate surface area is 120 Å². The summed E-state index contributed by atoms with van der Waals surface area (Å²) < 4.78 is 0. The minimum atomic E-state index is 0.206. The van der Waals surface area contributed by atoms with E-state index in [1.807, 2.05) is 6.07 Å². The lowest BCUT2D eigenvalue weighted by Gasteiger charge is -2.27. The maximum atomic E-state index is 9.52. The molecule has 1 aliphatic heterocycles. The average Bonchev–Trinajstić information content (AvgIpc) is 2.78. The number of halogens is 1. The molecule has 1 heterocycles. The molecule has 3 nitrogen and oxygen atoms in total. The van der Waals surface area contributed by atoms with Gasteiger partial charge < -0.3 is 15.3 Å². The van der Waals surface area contributed by atoms with Gasteiger partial charge in [0.25, 0.3) is 0 Å². The molecule has 0 radical (unpaired) electrons. The lowest BCUT2D eigenvalue weighted by molar-refractivity contribution is 0.245. The molecule has 0 spiro atoms. The molecule has 1 fully saturated rings. The molecule has 0 aromatic heterocycles. The van der Waals surface area contributed by atoms with Crippen LogP contribution in [0.15, 0.2) is 18.2 Å². The fourth-order valence-corrected chi connectivity index (χ4v) is 2.97. The summed E-state index contributed by atoms with van der Waals surface area (Å²) >= 11 is 6.34. The molecule has 2 atom stereocenters. The third kappa shape index (κ3) is 3.22. The minimum Gasteiger partial charge on any atom is -0.394 e. The Morgan fingerprint density at radius 2 is 2.26 bits per heavy atom. The first-order valence-electron chi connectivity index (χ1n) is 7.04. The van der Waals surface area contributed by atoms with E-state index in [4.69, 9.17) is 11.6 Å². The van der Waals surface area contributed by atoms with Crippen molar-refractivity contribution in [1.29, 1.82) is 0 Å². The Kier molecular flexibility index (Phi) is 5.08. The van der Waals surface area contributed by atoms with Crippen molar-refractivity contribution < 1.29 is 5.11 Å². The van der Waals surface area contributed by atoms with Gasteiger partial charge in [-0.2, -0.15) is 0 Å². The van der Waals surface area contributed by atoms with Crippen LogP contribution < -0.4 is 10.2 Å². The van der Waals surface area contributed by atoms with Gasteiger partial charge in [0.05, 0.1) is 12.6 Å². The van der Waals surface area contributed by atoms with E-state index >= 15 is 0 Å². The number of anilines is 1. The van der Waals surface area contributed by atoms with Crippen LogP contribution in [0.5, 0.6) is 0 Å². The number of hydrogen-bond acceptors (Lipinski definition) is 3. The zero-order valence-electron chi connectivity index (χ0n) is 11.7. The smallest absolute Gasteiger partial charge is 0.0637 e. The molecule has 1 saturated heterocycles. The van der Waals surface area contributed by atoms with Gasteiger partial charge in [0.15, 0.2) is 0 Å². The Morgan fingerprint density at radius 3 is 2.89 bits per heavy atom. The maximum absolute atomic E-state index is 9.52. The monoisotopic (exact) mass is 282 g/mol. The van der Waals surface area contributed by atoms with Crippen LogP contribution in [0.25, 0.3) is 0 Å². The van der Waals surface area contributed by atoms with E-state index in [0.29, 0.717) is 5.92 Å². The summed E-state index contributed by atoms with van der Waals surface area (Å²) in [6.45, 7) is 7.22. The van der Waals surface area contributed by atoms with E-state index in [1.54, 1.807) is 0 Å². The van der Waals surface area contributed by atoms with Gasteiger partial charge in [0.1, 0.15) is 0 Å². The topological polar surface area (TPSA) is 35.5 Å². The third-order valence-electron chi connectivity index (χ3n) is 4.00. The second kappa shape index (κ2) is 6.60. The highest BCUT2D eigenvalue weighted by atomic mass is 35.5. The van der Waals surface area contributed by atoms with Crippen molar-refractivity contribution in [3.8, 4) is 0 Å². The molecule has 2 N–H and O–H groups in total. The summed E-state index contributed by atoms with van der Waals surface area (Å²) in [5.74, 6) is 0.533. The zero-order valence-corrected chi connectivity index (χ0v) is 12.5. The van der Waals surface area contributed by atoms with Gasteiger partial charge in [-0.25, -0.2) is 0 Å². The molecule has 2 rings (SSSR count). The van der Waals surface area contributed by atoms with E-state index in [-0.39, 0.29) is 12.6 Å². The Bertz CT molecular complexity index is 425. The normalized spacial score (nSPS) is 23.1. The van der Waals surface area contributed by atoms with Crippen molar-refractivity contribution in [2.75, 3.05) is 24.6 Å². The number of benzene rings is 1. The quantitative estimate of drug-likeness (QED) is 0.872. The first kappa shape index (κ1) is 14.6. The van der Waals surface area contributed by atoms with Gasteiger partial charge in [-0.15, -0.1) is 0 Å². The molecule has 1 aromatic rings. The maximum Gasteiger partial charge on any atom is 0.0637 e. The lowest BCUT2D eigenvalue weighted by atomic mass is 10.0. The van der Waals surface area contributed by atoms with Crippen LogP contribution in [-0.2, 0) is 6.54 Å². The second-order valence-corrected chi connectivity index (χ2v) is 5.67. The molecular weight excluding hydrogens is 260 g/mol. The van der Waals surface area contributed by atoms with Crippen LogP contribution in [0.4, 0.5) is 5.69 Å². The molecular formula is C15H23ClN2O. The van der Waals surface area contributed by atoms with E-state index in [2.05, 4.69) is 36.2 Å². The van der Waals surface area contributed by atoms with Crippen molar-refractivity contribution in [2.45, 2.75) is 32.9 Å². The number of hydrogen-bond donors (Lipinski definition) is 2. The van der Waals surface area contributed by atoms with Crippen LogP contribution in [0, 0.1) is 5.92 Å². The van der Waals surface area contributed by atoms with Crippen molar-refractivity contribution >= 4 is 17.3 Å². The summed E-state index contributed by atoms with van der Waals surface area (Å²) in [4.78, 5) is 2.27. The Morgan fingerprint density at radius 1 is 1.47 bits per heavy atom. The first-order chi connectivity index (χ1) is 9.17. The second-order valence-electron chi connectivity index (χ2n) is 5.27. The van der Waals surface area contributed by atoms with Crippen LogP contribution in [0.1, 0.15) is 25.8 Å². The fraction of sp³-hybridized carbons (Fsp3) is 0.600. The highest BCUT2D eigenvalue weighted by Crippen LogP contribution is 2.32. The lowest BCUT2D eigenvalue weighted by Crippen LogP contribution is -2.35. The van der Waals surface area contributed by atoms with Crippen LogP contribution >= 0.6 is 11.6 Å². The van der Waals surface area contributed by atoms with E-state index in [1.165, 1.54) is 0 Å². The van der Waals surface area contributed by atoms with Crippen LogP contribution in [0.3, 0.4) is 0 Å². The standard InChI is InChI=1S/C15H23ClN2O/c1-3-17-9-12-4-5-13(8-14(12)16)18-7-6-11(2)15(18)10-19/h4-5,8,11,15,17,19H,3,6-7,9-10H2,1-2H3. The number of rotatable bonds is 5. The van der Waals surface area contributed by atoms with Crippen molar-refractivity contribution in [2.24, 2.45) is 5.92 Å². The largest absolute Gasteiger partial charge is 0.394 e. The summed E-state index contributed by atoms with van der Waals surface area (Å²) in [5.41, 5.74) is 2.24. The van der Waals surface area contributed by atoms with Gasteiger partial charge in [0, 0.05) is 23.8 Å². The molecule has 4 heteroatoms. The number of nitrogens with zero attached hydrogens (tertiary/aromatic N) is 1. The van der Waals surface area contributed by atoms with Gasteiger partial charge in [-0.05, 0) is 36.6 Å². The molecule has 1 aliphatic rings. The summed E-state index contributed by atoms with van der Waals surface area (Å²) in [5, 5.41) is 13.6. The van der Waals surface area contributed by atoms with Crippen molar-refractivity contribution in [1.82, 2.24) is 5.32 Å². The summed E-state index contributed by atoms with van der Waals surface area (Å²) in [6, 6.07) is 6.43. The van der Waals surface area contributed by atoms with Crippen molar-refractivity contribution in [3.05, 3.63) is 28.8 Å². The van der Waals surface area contributed by atoms with Gasteiger partial charge in [0.2, 0.25) is 0 Å². The van der Waals surface area contributed by atoms with Gasteiger partial charge in [-0.1, -0.05) is 31.5 Å². The van der Waals surface area contributed by atoms with E-state index in [9.17, 15) is 5.11 Å². The van der Waals surface area contributed by atoms with Crippen LogP contribution in [0.2, 0.25) is 5.02 Å². The number of aliphatic hydroxyl groups is 1. The highest BCUT2D eigenvalue weighted by molar-refractivity contribution is 6.31. The molecule has 1 aromatic carbocycles. The van der Waals surface area contributed by atoms with E-state index < -0.39 is 0 Å². The van der Waals surface area contributed by atoms with E-state index in [0.717, 1.165) is 42.3 Å². The molecule has 0 bridgehead atoms. The van der Waals surface area contributed by atoms with Crippen LogP contribution in [-0.4, -0.2) is 30.8 Å². The fourth-order valence-electron chi connectivity index (χ4n) is 2.73. The minimum absolute atomic E-state index is 0.206. The SMILES string of the molecule is CCNCc1ccc(N2CCC(C)C2CO)cc1Cl. The predicted octanol–water partition coefficient (Wildman–Crippen LogP) is 2.66. The number of aliphatic hydroxyl groups excluding tert-OH is 1. The highest BCUT2D eigenvalue weighted by Gasteiger charge is 2.30. The number of nitrogens with one attached hydrogen (secondary N) is 1. The first-order valence-corrected chi connectivity index (χ1v) is 7.41. The van der Waals surface area contributed by atoms with Gasteiger partial charge >= 0.3 is 0 Å². The summed E-state index contributed by atoms with van der Waals surface area (Å²) in [7, 11) is 0. The Hall–Kier alpha value is -0.770. The molecule has 0 aliphatic carbocycles. The predicted molar refractivity (Wildman–Crippen MR) is 80.8 cm³/mol. The molecule has 0 amide bonds. The van der Waals surface area contributed by atoms with Gasteiger partial charge in [-0.3, -0.25) is 0 Å². The van der Waals surface area contributed by atoms with Crippen molar-refractivity contribution in [3.63, 3.8) is 0 Å².